The summed E-state index contributed by atoms with van der Waals surface area (Å²) in [4.78, 5) is 14.6. The van der Waals surface area contributed by atoms with Crippen molar-refractivity contribution in [2.45, 2.75) is 18.6 Å². The van der Waals surface area contributed by atoms with Gasteiger partial charge in [-0.1, -0.05) is 30.3 Å². The van der Waals surface area contributed by atoms with E-state index in [-0.39, 0.29) is 17.9 Å². The van der Waals surface area contributed by atoms with E-state index >= 15 is 0 Å². The Morgan fingerprint density at radius 3 is 2.85 bits per heavy atom. The average molecular weight is 352 g/mol. The van der Waals surface area contributed by atoms with Crippen LogP contribution in [0.25, 0.3) is 0 Å². The first-order chi connectivity index (χ1) is 12.7. The minimum atomic E-state index is -0.101. The van der Waals surface area contributed by atoms with Crippen LogP contribution in [0.3, 0.4) is 0 Å². The summed E-state index contributed by atoms with van der Waals surface area (Å²) in [6, 6.07) is 11.8. The van der Waals surface area contributed by atoms with Crippen LogP contribution < -0.4 is 0 Å². The lowest BCUT2D eigenvalue weighted by Gasteiger charge is -2.14. The number of amides is 1. The largest absolute Gasteiger partial charge is 0.379 e. The van der Waals surface area contributed by atoms with E-state index in [1.54, 1.807) is 29.0 Å². The van der Waals surface area contributed by atoms with E-state index in [4.69, 9.17) is 4.74 Å². The van der Waals surface area contributed by atoms with Crippen molar-refractivity contribution in [3.63, 3.8) is 0 Å². The SMILES string of the molecule is CO[C@@H]1CN(C(=O)c2ccn(Cc3ccccc3)n2)C[C@H]1c1cn[nH]n1. The second-order valence-corrected chi connectivity index (χ2v) is 6.37. The molecule has 0 bridgehead atoms. The van der Waals surface area contributed by atoms with Crippen LogP contribution in [0.5, 0.6) is 0 Å². The topological polar surface area (TPSA) is 88.9 Å². The van der Waals surface area contributed by atoms with Crippen LogP contribution >= 0.6 is 0 Å². The van der Waals surface area contributed by atoms with Crippen molar-refractivity contribution in [2.24, 2.45) is 0 Å². The van der Waals surface area contributed by atoms with Gasteiger partial charge in [-0.05, 0) is 11.6 Å². The Morgan fingerprint density at radius 1 is 1.27 bits per heavy atom. The molecule has 8 heteroatoms. The minimum Gasteiger partial charge on any atom is -0.379 e. The fraction of sp³-hybridized carbons (Fsp3) is 0.333. The van der Waals surface area contributed by atoms with Crippen molar-refractivity contribution in [1.29, 1.82) is 0 Å². The number of nitrogens with one attached hydrogen (secondary N) is 1. The monoisotopic (exact) mass is 352 g/mol. The third kappa shape index (κ3) is 3.23. The van der Waals surface area contributed by atoms with Crippen LogP contribution in [-0.2, 0) is 11.3 Å². The van der Waals surface area contributed by atoms with Gasteiger partial charge in [0.2, 0.25) is 0 Å². The second kappa shape index (κ2) is 7.09. The molecule has 0 unspecified atom stereocenters. The Balaban J connectivity index is 1.46. The number of benzene rings is 1. The van der Waals surface area contributed by atoms with Crippen LogP contribution in [-0.4, -0.2) is 62.3 Å². The molecule has 1 aliphatic rings. The van der Waals surface area contributed by atoms with Gasteiger partial charge in [-0.15, -0.1) is 0 Å². The molecule has 8 nitrogen and oxygen atoms in total. The van der Waals surface area contributed by atoms with Crippen LogP contribution in [0.15, 0.2) is 48.8 Å². The summed E-state index contributed by atoms with van der Waals surface area (Å²) >= 11 is 0. The molecule has 1 saturated heterocycles. The molecule has 3 aromatic rings. The highest BCUT2D eigenvalue weighted by molar-refractivity contribution is 5.92. The van der Waals surface area contributed by atoms with Gasteiger partial charge in [-0.25, -0.2) is 0 Å². The molecule has 26 heavy (non-hydrogen) atoms. The number of ether oxygens (including phenoxy) is 1. The van der Waals surface area contributed by atoms with Crippen molar-refractivity contribution >= 4 is 5.91 Å². The van der Waals surface area contributed by atoms with Gasteiger partial charge in [0, 0.05) is 26.4 Å². The summed E-state index contributed by atoms with van der Waals surface area (Å²) < 4.78 is 7.33. The molecular formula is C18H20N6O2. The number of likely N-dealkylation sites (tertiary alicyclic amines) is 1. The highest BCUT2D eigenvalue weighted by Crippen LogP contribution is 2.28. The zero-order valence-electron chi connectivity index (χ0n) is 14.4. The van der Waals surface area contributed by atoms with Gasteiger partial charge in [0.15, 0.2) is 0 Å². The van der Waals surface area contributed by atoms with Gasteiger partial charge in [-0.3, -0.25) is 9.48 Å². The quantitative estimate of drug-likeness (QED) is 0.748. The lowest BCUT2D eigenvalue weighted by atomic mass is 10.0. The summed E-state index contributed by atoms with van der Waals surface area (Å²) in [6.07, 6.45) is 3.41. The summed E-state index contributed by atoms with van der Waals surface area (Å²) in [5, 5.41) is 15.1. The van der Waals surface area contributed by atoms with Crippen molar-refractivity contribution < 1.29 is 9.53 Å². The number of carbonyl (C=O) groups excluding carboxylic acids is 1. The van der Waals surface area contributed by atoms with Gasteiger partial charge >= 0.3 is 0 Å². The van der Waals surface area contributed by atoms with Gasteiger partial charge in [0.05, 0.1) is 30.5 Å². The van der Waals surface area contributed by atoms with E-state index in [9.17, 15) is 4.79 Å². The lowest BCUT2D eigenvalue weighted by molar-refractivity contribution is 0.0708. The first kappa shape index (κ1) is 16.5. The third-order valence-corrected chi connectivity index (χ3v) is 4.72. The Labute approximate surface area is 150 Å². The van der Waals surface area contributed by atoms with Crippen LogP contribution in [0, 0.1) is 0 Å². The molecule has 134 valence electrons. The summed E-state index contributed by atoms with van der Waals surface area (Å²) in [6.45, 7) is 1.68. The molecule has 2 atom stereocenters. The number of aromatic amines is 1. The molecule has 1 fully saturated rings. The smallest absolute Gasteiger partial charge is 0.274 e. The maximum atomic E-state index is 12.8. The number of methoxy groups -OCH3 is 1. The molecular weight excluding hydrogens is 332 g/mol. The van der Waals surface area contributed by atoms with Crippen molar-refractivity contribution in [2.75, 3.05) is 20.2 Å². The zero-order valence-corrected chi connectivity index (χ0v) is 14.4. The van der Waals surface area contributed by atoms with Gasteiger partial charge in [-0.2, -0.15) is 20.5 Å². The summed E-state index contributed by atoms with van der Waals surface area (Å²) in [7, 11) is 1.65. The van der Waals surface area contributed by atoms with E-state index in [0.717, 1.165) is 11.3 Å². The highest BCUT2D eigenvalue weighted by atomic mass is 16.5. The van der Waals surface area contributed by atoms with Crippen LogP contribution in [0.1, 0.15) is 27.7 Å². The van der Waals surface area contributed by atoms with Crippen LogP contribution in [0.4, 0.5) is 0 Å². The molecule has 0 radical (unpaired) electrons. The van der Waals surface area contributed by atoms with E-state index in [2.05, 4.69) is 20.5 Å². The Kier molecular flexibility index (Phi) is 4.49. The fourth-order valence-electron chi connectivity index (χ4n) is 3.35. The molecule has 2 aromatic heterocycles. The van der Waals surface area contributed by atoms with Crippen molar-refractivity contribution in [1.82, 2.24) is 30.1 Å². The molecule has 1 aliphatic heterocycles. The predicted octanol–water partition coefficient (Wildman–Crippen LogP) is 1.30. The lowest BCUT2D eigenvalue weighted by Crippen LogP contribution is -2.30. The number of carbonyl (C=O) groups is 1. The highest BCUT2D eigenvalue weighted by Gasteiger charge is 2.38. The van der Waals surface area contributed by atoms with E-state index < -0.39 is 0 Å². The summed E-state index contributed by atoms with van der Waals surface area (Å²) in [5.74, 6) is -0.0843. The number of H-pyrrole nitrogens is 1. The maximum absolute atomic E-state index is 12.8. The third-order valence-electron chi connectivity index (χ3n) is 4.72. The van der Waals surface area contributed by atoms with Gasteiger partial charge in [0.1, 0.15) is 5.69 Å². The fourth-order valence-corrected chi connectivity index (χ4v) is 3.35. The van der Waals surface area contributed by atoms with Crippen molar-refractivity contribution in [3.8, 4) is 0 Å². The molecule has 3 heterocycles. The van der Waals surface area contributed by atoms with Gasteiger partial charge < -0.3 is 9.64 Å². The number of hydrogen-bond acceptors (Lipinski definition) is 5. The molecule has 4 rings (SSSR count). The first-order valence-corrected chi connectivity index (χ1v) is 8.49. The zero-order chi connectivity index (χ0) is 17.9. The molecule has 1 amide bonds. The number of rotatable bonds is 5. The molecule has 0 spiro atoms. The van der Waals surface area contributed by atoms with Crippen molar-refractivity contribution in [3.05, 3.63) is 65.7 Å². The predicted molar refractivity (Wildman–Crippen MR) is 93.6 cm³/mol. The second-order valence-electron chi connectivity index (χ2n) is 6.37. The van der Waals surface area contributed by atoms with E-state index in [0.29, 0.717) is 25.3 Å². The standard InChI is InChI=1S/C18H20N6O2/c1-26-17-12-23(11-14(17)16-9-19-22-20-16)18(25)15-7-8-24(21-15)10-13-5-3-2-4-6-13/h2-9,14,17H,10-12H2,1H3,(H,19,20,22)/t14-,17+/m0/s1. The van der Waals surface area contributed by atoms with E-state index in [1.807, 2.05) is 36.5 Å². The van der Waals surface area contributed by atoms with E-state index in [1.165, 1.54) is 0 Å². The molecule has 0 saturated carbocycles. The number of nitrogens with zero attached hydrogens (tertiary/aromatic N) is 5. The Hall–Kier alpha value is -3.00. The van der Waals surface area contributed by atoms with Crippen LogP contribution in [0.2, 0.25) is 0 Å². The molecule has 0 aliphatic carbocycles. The van der Waals surface area contributed by atoms with Gasteiger partial charge in [0.25, 0.3) is 5.91 Å². The molecule has 1 aromatic carbocycles. The first-order valence-electron chi connectivity index (χ1n) is 8.49. The summed E-state index contributed by atoms with van der Waals surface area (Å²) in [5.41, 5.74) is 2.39. The number of aromatic nitrogens is 5. The normalized spacial score (nSPS) is 19.8. The average Bonchev–Trinajstić information content (AvgIpc) is 3.41. The Morgan fingerprint density at radius 2 is 2.12 bits per heavy atom. The maximum Gasteiger partial charge on any atom is 0.274 e. The number of hydrogen-bond donors (Lipinski definition) is 1. The minimum absolute atomic E-state index is 0.00843. The molecule has 1 N–H and O–H groups in total. The Bertz CT molecular complexity index is 861.